The first kappa shape index (κ1) is 14.9. The van der Waals surface area contributed by atoms with Crippen LogP contribution in [0.5, 0.6) is 0 Å². The smallest absolute Gasteiger partial charge is 0.114 e. The van der Waals surface area contributed by atoms with Crippen molar-refractivity contribution in [3.8, 4) is 0 Å². The maximum Gasteiger partial charge on any atom is 0.114 e. The van der Waals surface area contributed by atoms with Crippen molar-refractivity contribution in [3.05, 3.63) is 47.7 Å². The lowest BCUT2D eigenvalue weighted by atomic mass is 10.4. The molecule has 0 aliphatic heterocycles. The highest BCUT2D eigenvalue weighted by molar-refractivity contribution is 8.28. The molecule has 19 heavy (non-hydrogen) atoms. The second-order valence-electron chi connectivity index (χ2n) is 6.63. The summed E-state index contributed by atoms with van der Waals surface area (Å²) in [4.78, 5) is 1.53. The molecular formula is C16H24SSi2. The molecule has 3 heteroatoms. The van der Waals surface area contributed by atoms with Crippen LogP contribution in [0.1, 0.15) is 6.42 Å². The molecule has 0 nitrogen and oxygen atoms in total. The number of benzene rings is 1. The van der Waals surface area contributed by atoms with Gasteiger partial charge in [0, 0.05) is 4.90 Å². The van der Waals surface area contributed by atoms with Crippen molar-refractivity contribution in [2.45, 2.75) is 44.1 Å². The van der Waals surface area contributed by atoms with Gasteiger partial charge in [-0.05, 0) is 17.7 Å². The molecule has 0 saturated carbocycles. The van der Waals surface area contributed by atoms with Crippen LogP contribution in [0.2, 0.25) is 32.7 Å². The summed E-state index contributed by atoms with van der Waals surface area (Å²) in [6.07, 6.45) is 8.18. The summed E-state index contributed by atoms with van der Waals surface area (Å²) in [6, 6.07) is 9.08. The molecule has 0 saturated heterocycles. The summed E-state index contributed by atoms with van der Waals surface area (Å²) in [7, 11) is -2.66. The van der Waals surface area contributed by atoms with Gasteiger partial charge in [0.15, 0.2) is 0 Å². The van der Waals surface area contributed by atoms with Crippen LogP contribution >= 0.6 is 11.2 Å². The Morgan fingerprint density at radius 1 is 1.00 bits per heavy atom. The zero-order valence-electron chi connectivity index (χ0n) is 12.7. The molecule has 0 radical (unpaired) electrons. The molecule has 0 amide bonds. The van der Waals surface area contributed by atoms with Gasteiger partial charge >= 0.3 is 0 Å². The van der Waals surface area contributed by atoms with Crippen molar-refractivity contribution in [1.29, 1.82) is 0 Å². The van der Waals surface area contributed by atoms with Gasteiger partial charge in [-0.1, -0.05) is 74.4 Å². The Kier molecular flexibility index (Phi) is 4.28. The first-order chi connectivity index (χ1) is 8.81. The van der Waals surface area contributed by atoms with E-state index in [0.29, 0.717) is 0 Å². The Labute approximate surface area is 123 Å². The van der Waals surface area contributed by atoms with Crippen LogP contribution in [0.3, 0.4) is 0 Å². The van der Waals surface area contributed by atoms with Crippen LogP contribution in [0.25, 0.3) is 0 Å². The third-order valence-electron chi connectivity index (χ3n) is 3.47. The standard InChI is InChI=1S/C16H24SSi2/c1-18(2,3)17-15-12-8-9-13-16(15)19(4,5)14-10-6-7-11-14/h6,8-13H,7H2,1-5H3. The van der Waals surface area contributed by atoms with E-state index in [1.807, 2.05) is 0 Å². The van der Waals surface area contributed by atoms with Crippen molar-refractivity contribution in [2.24, 2.45) is 0 Å². The van der Waals surface area contributed by atoms with Crippen LogP contribution in [0.15, 0.2) is 52.6 Å². The van der Waals surface area contributed by atoms with E-state index >= 15 is 0 Å². The predicted molar refractivity (Wildman–Crippen MR) is 94.6 cm³/mol. The fourth-order valence-corrected chi connectivity index (χ4v) is 9.89. The van der Waals surface area contributed by atoms with Gasteiger partial charge in [0.25, 0.3) is 0 Å². The van der Waals surface area contributed by atoms with Crippen LogP contribution in [0, 0.1) is 0 Å². The Bertz CT molecular complexity index is 522. The predicted octanol–water partition coefficient (Wildman–Crippen LogP) is 4.95. The van der Waals surface area contributed by atoms with Crippen molar-refractivity contribution in [2.75, 3.05) is 0 Å². The molecule has 0 bridgehead atoms. The highest BCUT2D eigenvalue weighted by atomic mass is 32.4. The minimum absolute atomic E-state index is 1.12. The molecule has 2 rings (SSSR count). The second kappa shape index (κ2) is 5.46. The van der Waals surface area contributed by atoms with Gasteiger partial charge < -0.3 is 0 Å². The first-order valence-electron chi connectivity index (χ1n) is 6.96. The van der Waals surface area contributed by atoms with Crippen LogP contribution in [-0.4, -0.2) is 15.3 Å². The highest BCUT2D eigenvalue weighted by Crippen LogP contribution is 2.31. The van der Waals surface area contributed by atoms with Crippen LogP contribution in [0.4, 0.5) is 0 Å². The average Bonchev–Trinajstić information content (AvgIpc) is 2.81. The van der Waals surface area contributed by atoms with E-state index in [1.165, 1.54) is 4.90 Å². The Balaban J connectivity index is 2.42. The molecule has 102 valence electrons. The molecule has 0 fully saturated rings. The summed E-state index contributed by atoms with van der Waals surface area (Å²) in [5.74, 6) is 0. The number of allylic oxidation sites excluding steroid dienone is 4. The van der Waals surface area contributed by atoms with Crippen LogP contribution in [-0.2, 0) is 0 Å². The molecule has 0 spiro atoms. The van der Waals surface area contributed by atoms with Gasteiger partial charge in [0.1, 0.15) is 15.3 Å². The van der Waals surface area contributed by atoms with E-state index in [1.54, 1.807) is 10.4 Å². The number of hydrogen-bond acceptors (Lipinski definition) is 1. The molecule has 0 heterocycles. The quantitative estimate of drug-likeness (QED) is 0.709. The minimum Gasteiger partial charge on any atom is -0.152 e. The zero-order chi connectivity index (χ0) is 14.1. The zero-order valence-corrected chi connectivity index (χ0v) is 15.5. The lowest BCUT2D eigenvalue weighted by Crippen LogP contribution is -2.44. The van der Waals surface area contributed by atoms with E-state index in [4.69, 9.17) is 0 Å². The summed E-state index contributed by atoms with van der Waals surface area (Å²) in [5.41, 5.74) is 0. The topological polar surface area (TPSA) is 0 Å². The maximum absolute atomic E-state index is 2.48. The third kappa shape index (κ3) is 3.52. The maximum atomic E-state index is 2.48. The molecule has 1 aliphatic rings. The van der Waals surface area contributed by atoms with Gasteiger partial charge in [-0.3, -0.25) is 0 Å². The monoisotopic (exact) mass is 304 g/mol. The number of hydrogen-bond donors (Lipinski definition) is 0. The Morgan fingerprint density at radius 3 is 2.26 bits per heavy atom. The summed E-state index contributed by atoms with van der Waals surface area (Å²) in [6.45, 7) is 12.3. The molecule has 1 aromatic rings. The SMILES string of the molecule is C[Si](C)(C)Sc1ccccc1[Si](C)(C)C1=CCC=C1. The molecule has 0 aromatic heterocycles. The van der Waals surface area contributed by atoms with E-state index < -0.39 is 15.3 Å². The molecule has 0 N–H and O–H groups in total. The average molecular weight is 305 g/mol. The minimum atomic E-state index is -1.51. The van der Waals surface area contributed by atoms with Crippen molar-refractivity contribution in [1.82, 2.24) is 0 Å². The highest BCUT2D eigenvalue weighted by Gasteiger charge is 2.31. The molecule has 0 unspecified atom stereocenters. The van der Waals surface area contributed by atoms with Gasteiger partial charge in [-0.15, -0.1) is 0 Å². The molecular weight excluding hydrogens is 280 g/mol. The fourth-order valence-electron chi connectivity index (χ4n) is 2.48. The lowest BCUT2D eigenvalue weighted by molar-refractivity contribution is 1.44. The lowest BCUT2D eigenvalue weighted by Gasteiger charge is -2.28. The Morgan fingerprint density at radius 2 is 1.68 bits per heavy atom. The van der Waals surface area contributed by atoms with Crippen molar-refractivity contribution in [3.63, 3.8) is 0 Å². The molecule has 0 atom stereocenters. The largest absolute Gasteiger partial charge is 0.152 e. The summed E-state index contributed by atoms with van der Waals surface area (Å²) >= 11 is 2.14. The summed E-state index contributed by atoms with van der Waals surface area (Å²) in [5, 5.41) is 3.20. The Hall–Kier alpha value is -0.516. The first-order valence-corrected chi connectivity index (χ1v) is 15.0. The third-order valence-corrected chi connectivity index (χ3v) is 10.9. The van der Waals surface area contributed by atoms with E-state index in [-0.39, 0.29) is 0 Å². The van der Waals surface area contributed by atoms with Gasteiger partial charge in [0.05, 0.1) is 0 Å². The number of rotatable bonds is 4. The van der Waals surface area contributed by atoms with Gasteiger partial charge in [-0.25, -0.2) is 0 Å². The summed E-state index contributed by atoms with van der Waals surface area (Å²) < 4.78 is 0. The second-order valence-corrected chi connectivity index (χ2v) is 20.2. The van der Waals surface area contributed by atoms with Gasteiger partial charge in [0.2, 0.25) is 0 Å². The fraction of sp³-hybridized carbons (Fsp3) is 0.375. The normalized spacial score (nSPS) is 15.7. The molecule has 1 aliphatic carbocycles. The van der Waals surface area contributed by atoms with Crippen molar-refractivity contribution < 1.29 is 0 Å². The van der Waals surface area contributed by atoms with E-state index in [2.05, 4.69) is 86.4 Å². The van der Waals surface area contributed by atoms with Crippen molar-refractivity contribution >= 4 is 31.7 Å². The van der Waals surface area contributed by atoms with Crippen LogP contribution < -0.4 is 5.19 Å². The van der Waals surface area contributed by atoms with E-state index in [9.17, 15) is 0 Å². The van der Waals surface area contributed by atoms with E-state index in [0.717, 1.165) is 6.42 Å². The van der Waals surface area contributed by atoms with Gasteiger partial charge in [-0.2, -0.15) is 11.2 Å². The molecule has 1 aromatic carbocycles.